The van der Waals surface area contributed by atoms with E-state index in [0.717, 1.165) is 78.3 Å². The van der Waals surface area contributed by atoms with Crippen LogP contribution in [0.25, 0.3) is 0 Å². The van der Waals surface area contributed by atoms with E-state index in [2.05, 4.69) is 5.32 Å². The van der Waals surface area contributed by atoms with E-state index >= 15 is 0 Å². The summed E-state index contributed by atoms with van der Waals surface area (Å²) in [4.78, 5) is 0. The van der Waals surface area contributed by atoms with Crippen LogP contribution in [0.3, 0.4) is 0 Å². The molecule has 1 aromatic carbocycles. The predicted octanol–water partition coefficient (Wildman–Crippen LogP) is 3.49. The van der Waals surface area contributed by atoms with Crippen LogP contribution < -0.4 is 5.32 Å². The fourth-order valence-corrected chi connectivity index (χ4v) is 8.00. The van der Waals surface area contributed by atoms with Gasteiger partial charge in [-0.1, -0.05) is 12.1 Å². The van der Waals surface area contributed by atoms with Gasteiger partial charge in [0, 0.05) is 6.04 Å². The van der Waals surface area contributed by atoms with Crippen LogP contribution in [0.4, 0.5) is 4.39 Å². The van der Waals surface area contributed by atoms with Crippen molar-refractivity contribution in [2.75, 3.05) is 6.54 Å². The van der Waals surface area contributed by atoms with E-state index in [1.54, 1.807) is 18.9 Å². The number of nitrogens with one attached hydrogen (secondary N) is 1. The molecule has 2 bridgehead atoms. The molecular weight excluding hydrogens is 273 g/mol. The Hall–Kier alpha value is -0.890. The summed E-state index contributed by atoms with van der Waals surface area (Å²) in [5, 5.41) is 3.95. The lowest BCUT2D eigenvalue weighted by Gasteiger charge is -2.48. The number of fused-ring (bicyclic) bond motifs is 2. The first-order valence-corrected chi connectivity index (χ1v) is 9.31. The first-order valence-electron chi connectivity index (χ1n) is 9.31. The summed E-state index contributed by atoms with van der Waals surface area (Å²) in [5.41, 5.74) is 1.14. The topological polar surface area (TPSA) is 12.0 Å². The summed E-state index contributed by atoms with van der Waals surface area (Å²) in [6, 6.07) is 7.93. The van der Waals surface area contributed by atoms with Gasteiger partial charge < -0.3 is 5.32 Å². The minimum absolute atomic E-state index is 0.101. The summed E-state index contributed by atoms with van der Waals surface area (Å²) in [6.45, 7) is 1.11. The van der Waals surface area contributed by atoms with Crippen molar-refractivity contribution in [3.63, 3.8) is 0 Å². The molecule has 0 spiro atoms. The zero-order valence-corrected chi connectivity index (χ0v) is 12.9. The average molecular weight is 297 g/mol. The third kappa shape index (κ3) is 1.35. The van der Waals surface area contributed by atoms with Crippen molar-refractivity contribution in [2.45, 2.75) is 31.7 Å². The molecule has 5 saturated carbocycles. The number of halogens is 1. The van der Waals surface area contributed by atoms with Crippen molar-refractivity contribution in [1.82, 2.24) is 5.32 Å². The van der Waals surface area contributed by atoms with Crippen molar-refractivity contribution in [3.05, 3.63) is 35.6 Å². The molecule has 1 nitrogen and oxygen atoms in total. The Labute approximate surface area is 131 Å². The highest BCUT2D eigenvalue weighted by molar-refractivity contribution is 5.29. The summed E-state index contributed by atoms with van der Waals surface area (Å²) < 4.78 is 13.2. The lowest BCUT2D eigenvalue weighted by Crippen LogP contribution is -2.51. The number of rotatable bonds is 5. The molecule has 0 aliphatic heterocycles. The maximum absolute atomic E-state index is 13.2. The molecule has 2 heteroatoms. The third-order valence-electron chi connectivity index (χ3n) is 8.23. The predicted molar refractivity (Wildman–Crippen MR) is 83.7 cm³/mol. The molecule has 0 radical (unpaired) electrons. The van der Waals surface area contributed by atoms with Crippen molar-refractivity contribution in [2.24, 2.45) is 47.3 Å². The highest BCUT2D eigenvalue weighted by Crippen LogP contribution is 2.82. The van der Waals surface area contributed by atoms with Crippen LogP contribution in [0.1, 0.15) is 24.8 Å². The highest BCUT2D eigenvalue weighted by atomic mass is 19.1. The van der Waals surface area contributed by atoms with E-state index in [1.807, 2.05) is 12.1 Å². The van der Waals surface area contributed by atoms with Gasteiger partial charge in [0.1, 0.15) is 5.82 Å². The molecule has 0 unspecified atom stereocenters. The first kappa shape index (κ1) is 12.5. The molecule has 6 rings (SSSR count). The molecule has 9 atom stereocenters. The van der Waals surface area contributed by atoms with Crippen molar-refractivity contribution in [3.8, 4) is 0 Å². The van der Waals surface area contributed by atoms with Gasteiger partial charge in [0.15, 0.2) is 0 Å². The van der Waals surface area contributed by atoms with Crippen LogP contribution in [-0.2, 0) is 6.42 Å². The van der Waals surface area contributed by atoms with E-state index in [-0.39, 0.29) is 5.82 Å². The minimum atomic E-state index is -0.101. The Morgan fingerprint density at radius 3 is 2.64 bits per heavy atom. The number of hydrogen-bond donors (Lipinski definition) is 1. The standard InChI is InChI=1S/C20H24FN/c21-11-5-1-3-10(7-11)4-2-6-22-20-17-13-9-14-16-12(13)8-15(17)18(16)19(14)20/h1,3,5,7,12-20,22H,2,4,6,8-9H2/t12-,13-,14+,15+,16+,17-,18-,19-,20-/m0/s1. The fraction of sp³-hybridized carbons (Fsp3) is 0.700. The maximum atomic E-state index is 13.2. The van der Waals surface area contributed by atoms with Gasteiger partial charge in [0.25, 0.3) is 0 Å². The molecule has 22 heavy (non-hydrogen) atoms. The van der Waals surface area contributed by atoms with Crippen LogP contribution in [0.2, 0.25) is 0 Å². The van der Waals surface area contributed by atoms with Gasteiger partial charge >= 0.3 is 0 Å². The molecule has 5 aliphatic carbocycles. The lowest BCUT2D eigenvalue weighted by molar-refractivity contribution is 0.00979. The number of benzene rings is 1. The van der Waals surface area contributed by atoms with E-state index in [4.69, 9.17) is 0 Å². The van der Waals surface area contributed by atoms with Crippen LogP contribution in [0.15, 0.2) is 24.3 Å². The molecule has 116 valence electrons. The van der Waals surface area contributed by atoms with E-state index in [1.165, 1.54) is 6.07 Å². The lowest BCUT2D eigenvalue weighted by atomic mass is 9.59. The Balaban J connectivity index is 1.10. The van der Waals surface area contributed by atoms with Gasteiger partial charge in [-0.25, -0.2) is 4.39 Å². The van der Waals surface area contributed by atoms with Gasteiger partial charge in [0.2, 0.25) is 0 Å². The molecule has 1 aromatic rings. The second-order valence-corrected chi connectivity index (χ2v) is 8.65. The molecule has 0 heterocycles. The van der Waals surface area contributed by atoms with Gasteiger partial charge in [-0.15, -0.1) is 0 Å². The molecule has 0 aromatic heterocycles. The van der Waals surface area contributed by atoms with Gasteiger partial charge in [0.05, 0.1) is 0 Å². The molecular formula is C20H24FN. The first-order chi connectivity index (χ1) is 10.8. The quantitative estimate of drug-likeness (QED) is 0.820. The summed E-state index contributed by atoms with van der Waals surface area (Å²) >= 11 is 0. The van der Waals surface area contributed by atoms with Gasteiger partial charge in [-0.3, -0.25) is 0 Å². The number of aryl methyl sites for hydroxylation is 1. The SMILES string of the molecule is Fc1cccc(CCCN[C@H]2[C@@H]3[C@H]4C[C@H]5[C@@H]3C[C@@H]3[C@@H]5[C@H]4[C@H]32)c1. The monoisotopic (exact) mass is 297 g/mol. The molecule has 5 aliphatic rings. The van der Waals surface area contributed by atoms with Crippen molar-refractivity contribution in [1.29, 1.82) is 0 Å². The average Bonchev–Trinajstić information content (AvgIpc) is 3.03. The largest absolute Gasteiger partial charge is 0.313 e. The second kappa shape index (κ2) is 4.14. The summed E-state index contributed by atoms with van der Waals surface area (Å²) in [5.74, 6) is 8.69. The smallest absolute Gasteiger partial charge is 0.123 e. The zero-order chi connectivity index (χ0) is 14.4. The number of hydrogen-bond acceptors (Lipinski definition) is 1. The molecule has 0 amide bonds. The maximum Gasteiger partial charge on any atom is 0.123 e. The van der Waals surface area contributed by atoms with Crippen LogP contribution in [-0.4, -0.2) is 12.6 Å². The van der Waals surface area contributed by atoms with Crippen LogP contribution in [0, 0.1) is 53.2 Å². The van der Waals surface area contributed by atoms with E-state index < -0.39 is 0 Å². The molecule has 0 saturated heterocycles. The Kier molecular flexibility index (Phi) is 2.36. The van der Waals surface area contributed by atoms with Gasteiger partial charge in [-0.2, -0.15) is 0 Å². The van der Waals surface area contributed by atoms with Crippen molar-refractivity contribution >= 4 is 0 Å². The Bertz CT molecular complexity index is 622. The summed E-state index contributed by atoms with van der Waals surface area (Å²) in [7, 11) is 0. The van der Waals surface area contributed by atoms with E-state index in [0.29, 0.717) is 0 Å². The van der Waals surface area contributed by atoms with Gasteiger partial charge in [-0.05, 0) is 97.3 Å². The normalized spacial score (nSPS) is 51.8. The Morgan fingerprint density at radius 1 is 0.955 bits per heavy atom. The van der Waals surface area contributed by atoms with Crippen molar-refractivity contribution < 1.29 is 4.39 Å². The molecule has 5 fully saturated rings. The van der Waals surface area contributed by atoms with Crippen LogP contribution in [0.5, 0.6) is 0 Å². The summed E-state index contributed by atoms with van der Waals surface area (Å²) in [6.07, 6.45) is 5.30. The second-order valence-electron chi connectivity index (χ2n) is 8.65. The third-order valence-corrected chi connectivity index (χ3v) is 8.23. The highest BCUT2D eigenvalue weighted by Gasteiger charge is 2.80. The Morgan fingerprint density at radius 2 is 1.77 bits per heavy atom. The van der Waals surface area contributed by atoms with E-state index in [9.17, 15) is 4.39 Å². The minimum Gasteiger partial charge on any atom is -0.313 e. The van der Waals surface area contributed by atoms with Crippen LogP contribution >= 0.6 is 0 Å². The molecule has 1 N–H and O–H groups in total. The fourth-order valence-electron chi connectivity index (χ4n) is 8.00. The zero-order valence-electron chi connectivity index (χ0n) is 12.9.